The van der Waals surface area contributed by atoms with E-state index in [2.05, 4.69) is 6.58 Å². The number of fused-ring (bicyclic) bond motifs is 1. The highest BCUT2D eigenvalue weighted by atomic mass is 16.5. The van der Waals surface area contributed by atoms with E-state index in [-0.39, 0.29) is 11.9 Å². The van der Waals surface area contributed by atoms with Gasteiger partial charge in [-0.05, 0) is 37.5 Å². The zero-order valence-corrected chi connectivity index (χ0v) is 17.5. The van der Waals surface area contributed by atoms with Gasteiger partial charge in [0.05, 0.1) is 32.3 Å². The summed E-state index contributed by atoms with van der Waals surface area (Å²) < 4.78 is 16.8. The second kappa shape index (κ2) is 7.47. The van der Waals surface area contributed by atoms with E-state index in [0.717, 1.165) is 11.1 Å². The van der Waals surface area contributed by atoms with Gasteiger partial charge in [-0.15, -0.1) is 6.58 Å². The van der Waals surface area contributed by atoms with Crippen LogP contribution in [0.15, 0.2) is 42.5 Å². The maximum absolute atomic E-state index is 13.4. The molecule has 0 saturated carbocycles. The molecule has 2 saturated heterocycles. The van der Waals surface area contributed by atoms with Gasteiger partial charge in [0.1, 0.15) is 11.5 Å². The van der Waals surface area contributed by atoms with Crippen LogP contribution in [0, 0.1) is 11.8 Å². The zero-order chi connectivity index (χ0) is 21.6. The Labute approximate surface area is 175 Å². The van der Waals surface area contributed by atoms with Crippen LogP contribution >= 0.6 is 0 Å². The van der Waals surface area contributed by atoms with E-state index >= 15 is 0 Å². The average molecular weight is 413 g/mol. The quantitative estimate of drug-likeness (QED) is 0.659. The van der Waals surface area contributed by atoms with Crippen LogP contribution in [0.2, 0.25) is 0 Å². The minimum Gasteiger partial charge on any atom is -0.493 e. The van der Waals surface area contributed by atoms with Gasteiger partial charge < -0.3 is 24.2 Å². The van der Waals surface area contributed by atoms with Gasteiger partial charge in [-0.2, -0.15) is 0 Å². The molecule has 160 valence electrons. The van der Waals surface area contributed by atoms with Crippen molar-refractivity contribution in [2.45, 2.75) is 37.5 Å². The van der Waals surface area contributed by atoms with Gasteiger partial charge in [0.25, 0.3) is 0 Å². The molecule has 0 radical (unpaired) electrons. The maximum Gasteiger partial charge on any atom is 0.310 e. The van der Waals surface area contributed by atoms with Crippen LogP contribution in [0.3, 0.4) is 0 Å². The smallest absolute Gasteiger partial charge is 0.310 e. The van der Waals surface area contributed by atoms with Crippen molar-refractivity contribution in [3.63, 3.8) is 0 Å². The molecule has 7 nitrogen and oxygen atoms in total. The standard InChI is InChI=1S/C23H27NO6/c1-13(2)11-18-23-9-7-16(30-23)19(22(26)27)20(23)21(25)24(18)10-8-14-5-6-15(28-3)17(12-14)29-4/h5-7,9,12,16,18-20H,1,8,10-11H2,2-4H3,(H,26,27)/t16-,18-,19-,20+,23-/m1/s1. The maximum atomic E-state index is 13.4. The van der Waals surface area contributed by atoms with E-state index in [1.807, 2.05) is 31.2 Å². The highest BCUT2D eigenvalue weighted by molar-refractivity contribution is 5.91. The van der Waals surface area contributed by atoms with Crippen LogP contribution in [0.1, 0.15) is 18.9 Å². The normalized spacial score (nSPS) is 31.2. The van der Waals surface area contributed by atoms with Crippen LogP contribution < -0.4 is 9.47 Å². The third kappa shape index (κ3) is 2.99. The second-order valence-corrected chi connectivity index (χ2v) is 8.28. The van der Waals surface area contributed by atoms with Crippen molar-refractivity contribution in [1.29, 1.82) is 0 Å². The number of amides is 1. The minimum atomic E-state index is -0.986. The SMILES string of the molecule is C=C(C)C[C@H]1N(CCc2ccc(OC)c(OC)c2)C(=O)[C@@H]2[C@H](C(=O)O)[C@H]3C=C[C@]21O3. The first-order valence-electron chi connectivity index (χ1n) is 10.1. The molecule has 1 aromatic carbocycles. The summed E-state index contributed by atoms with van der Waals surface area (Å²) in [5.41, 5.74) is 1.04. The summed E-state index contributed by atoms with van der Waals surface area (Å²) in [6.45, 7) is 6.40. The lowest BCUT2D eigenvalue weighted by molar-refractivity contribution is -0.148. The molecule has 4 rings (SSSR count). The number of carboxylic acids is 1. The number of hydrogen-bond acceptors (Lipinski definition) is 5. The molecule has 5 atom stereocenters. The zero-order valence-electron chi connectivity index (χ0n) is 17.5. The molecule has 0 aliphatic carbocycles. The van der Waals surface area contributed by atoms with Crippen molar-refractivity contribution in [2.24, 2.45) is 11.8 Å². The molecule has 1 aromatic rings. The number of carbonyl (C=O) groups is 2. The van der Waals surface area contributed by atoms with Crippen molar-refractivity contribution >= 4 is 11.9 Å². The number of methoxy groups -OCH3 is 2. The highest BCUT2D eigenvalue weighted by Gasteiger charge is 2.70. The number of hydrogen-bond donors (Lipinski definition) is 1. The Bertz CT molecular complexity index is 924. The Morgan fingerprint density at radius 1 is 1.30 bits per heavy atom. The van der Waals surface area contributed by atoms with Crippen LogP contribution in [0.5, 0.6) is 11.5 Å². The lowest BCUT2D eigenvalue weighted by Crippen LogP contribution is -2.45. The van der Waals surface area contributed by atoms with Gasteiger partial charge in [-0.25, -0.2) is 0 Å². The number of carbonyl (C=O) groups excluding carboxylic acids is 1. The first kappa shape index (κ1) is 20.5. The first-order chi connectivity index (χ1) is 14.3. The summed E-state index contributed by atoms with van der Waals surface area (Å²) in [6, 6.07) is 5.41. The number of aliphatic carboxylic acids is 1. The molecule has 7 heteroatoms. The first-order valence-corrected chi connectivity index (χ1v) is 10.1. The molecule has 30 heavy (non-hydrogen) atoms. The van der Waals surface area contributed by atoms with E-state index in [4.69, 9.17) is 14.2 Å². The van der Waals surface area contributed by atoms with Gasteiger partial charge in [0.2, 0.25) is 5.91 Å². The predicted octanol–water partition coefficient (Wildman–Crippen LogP) is 2.45. The van der Waals surface area contributed by atoms with Crippen molar-refractivity contribution < 1.29 is 28.9 Å². The number of benzene rings is 1. The van der Waals surface area contributed by atoms with E-state index in [1.54, 1.807) is 25.2 Å². The largest absolute Gasteiger partial charge is 0.493 e. The van der Waals surface area contributed by atoms with Crippen molar-refractivity contribution in [3.05, 3.63) is 48.1 Å². The Kier molecular flexibility index (Phi) is 5.10. The Hall–Kier alpha value is -2.80. The fraction of sp³-hybridized carbons (Fsp3) is 0.478. The van der Waals surface area contributed by atoms with Crippen molar-refractivity contribution in [3.8, 4) is 11.5 Å². The average Bonchev–Trinajstić information content (AvgIpc) is 3.35. The predicted molar refractivity (Wildman–Crippen MR) is 110 cm³/mol. The highest BCUT2D eigenvalue weighted by Crippen LogP contribution is 2.56. The van der Waals surface area contributed by atoms with E-state index in [0.29, 0.717) is 30.9 Å². The molecule has 2 fully saturated rings. The van der Waals surface area contributed by atoms with Gasteiger partial charge in [-0.1, -0.05) is 23.8 Å². The lowest BCUT2D eigenvalue weighted by Gasteiger charge is -2.33. The number of ether oxygens (including phenoxy) is 3. The van der Waals surface area contributed by atoms with Crippen molar-refractivity contribution in [1.82, 2.24) is 4.90 Å². The van der Waals surface area contributed by atoms with Gasteiger partial charge in [-0.3, -0.25) is 9.59 Å². The third-order valence-corrected chi connectivity index (χ3v) is 6.45. The monoisotopic (exact) mass is 413 g/mol. The molecule has 2 bridgehead atoms. The summed E-state index contributed by atoms with van der Waals surface area (Å²) in [6.07, 6.45) is 4.33. The molecule has 3 heterocycles. The third-order valence-electron chi connectivity index (χ3n) is 6.45. The molecule has 3 aliphatic rings. The van der Waals surface area contributed by atoms with Crippen LogP contribution in [0.4, 0.5) is 0 Å². The molecule has 1 N–H and O–H groups in total. The van der Waals surface area contributed by atoms with Crippen LogP contribution in [0.25, 0.3) is 0 Å². The summed E-state index contributed by atoms with van der Waals surface area (Å²) >= 11 is 0. The van der Waals surface area contributed by atoms with Crippen LogP contribution in [-0.4, -0.2) is 60.4 Å². The van der Waals surface area contributed by atoms with Crippen molar-refractivity contribution in [2.75, 3.05) is 20.8 Å². The fourth-order valence-corrected chi connectivity index (χ4v) is 5.15. The minimum absolute atomic E-state index is 0.152. The molecule has 0 unspecified atom stereocenters. The van der Waals surface area contributed by atoms with E-state index in [1.165, 1.54) is 0 Å². The summed E-state index contributed by atoms with van der Waals surface area (Å²) in [5.74, 6) is -1.40. The molecule has 1 amide bonds. The Morgan fingerprint density at radius 2 is 2.03 bits per heavy atom. The number of carboxylic acid groups (broad SMARTS) is 1. The summed E-state index contributed by atoms with van der Waals surface area (Å²) in [4.78, 5) is 27.1. The van der Waals surface area contributed by atoms with Gasteiger partial charge in [0.15, 0.2) is 11.5 Å². The molecular formula is C23H27NO6. The number of nitrogens with zero attached hydrogens (tertiary/aromatic N) is 1. The second-order valence-electron chi connectivity index (χ2n) is 8.28. The molecular weight excluding hydrogens is 386 g/mol. The van der Waals surface area contributed by atoms with E-state index in [9.17, 15) is 14.7 Å². The topological polar surface area (TPSA) is 85.3 Å². The number of rotatable bonds is 8. The van der Waals surface area contributed by atoms with Gasteiger partial charge >= 0.3 is 5.97 Å². The Balaban J connectivity index is 1.61. The molecule has 3 aliphatic heterocycles. The van der Waals surface area contributed by atoms with E-state index < -0.39 is 29.5 Å². The van der Waals surface area contributed by atoms with Gasteiger partial charge in [0, 0.05) is 6.54 Å². The molecule has 0 aromatic heterocycles. The number of likely N-dealkylation sites (tertiary alicyclic amines) is 1. The lowest BCUT2D eigenvalue weighted by atomic mass is 9.74. The fourth-order valence-electron chi connectivity index (χ4n) is 5.15. The molecule has 1 spiro atoms. The summed E-state index contributed by atoms with van der Waals surface area (Å²) in [7, 11) is 3.17. The summed E-state index contributed by atoms with van der Waals surface area (Å²) in [5, 5.41) is 9.74. The Morgan fingerprint density at radius 3 is 2.67 bits per heavy atom. The van der Waals surface area contributed by atoms with Crippen LogP contribution in [-0.2, 0) is 20.7 Å².